The molecule has 0 saturated heterocycles. The lowest BCUT2D eigenvalue weighted by atomic mass is 10.2. The molecule has 0 aliphatic heterocycles. The Bertz CT molecular complexity index is 380. The molecular formula is C7H2BrClF3NO. The lowest BCUT2D eigenvalue weighted by Crippen LogP contribution is -2.23. The summed E-state index contributed by atoms with van der Waals surface area (Å²) in [5, 5.41) is -0.462. The fourth-order valence-electron chi connectivity index (χ4n) is 0.735. The minimum atomic E-state index is -4.94. The summed E-state index contributed by atoms with van der Waals surface area (Å²) < 4.78 is 36.2. The van der Waals surface area contributed by atoms with Gasteiger partial charge in [0.15, 0.2) is 0 Å². The smallest absolute Gasteiger partial charge is 0.284 e. The van der Waals surface area contributed by atoms with Gasteiger partial charge in [0.05, 0.1) is 5.56 Å². The quantitative estimate of drug-likeness (QED) is 0.586. The Labute approximate surface area is 90.2 Å². The zero-order valence-corrected chi connectivity index (χ0v) is 8.74. The molecule has 2 nitrogen and oxygen atoms in total. The number of carbonyl (C=O) groups excluding carboxylic acids is 1. The second-order valence-electron chi connectivity index (χ2n) is 2.32. The predicted octanol–water partition coefficient (Wildman–Crippen LogP) is 3.24. The van der Waals surface area contributed by atoms with Crippen LogP contribution in [0.1, 0.15) is 10.4 Å². The lowest BCUT2D eigenvalue weighted by molar-refractivity contribution is -0.0885. The van der Waals surface area contributed by atoms with E-state index >= 15 is 0 Å². The van der Waals surface area contributed by atoms with Gasteiger partial charge in [-0.25, -0.2) is 4.98 Å². The second kappa shape index (κ2) is 3.86. The molecular weight excluding hydrogens is 286 g/mol. The number of hydrogen-bond donors (Lipinski definition) is 0. The number of ketones is 1. The first kappa shape index (κ1) is 11.5. The lowest BCUT2D eigenvalue weighted by Gasteiger charge is -2.06. The average Bonchev–Trinajstić information content (AvgIpc) is 2.06. The van der Waals surface area contributed by atoms with Gasteiger partial charge in [0.2, 0.25) is 0 Å². The van der Waals surface area contributed by atoms with Crippen molar-refractivity contribution in [3.63, 3.8) is 0 Å². The number of alkyl halides is 3. The Kier molecular flexibility index (Phi) is 3.16. The summed E-state index contributed by atoms with van der Waals surface area (Å²) in [4.78, 5) is 14.2. The SMILES string of the molecule is O=C(c1cc(Br)cnc1Cl)C(F)(F)F. The van der Waals surface area contributed by atoms with Gasteiger partial charge in [0.1, 0.15) is 5.15 Å². The summed E-state index contributed by atoms with van der Waals surface area (Å²) in [6.45, 7) is 0. The van der Waals surface area contributed by atoms with Crippen LogP contribution in [0.5, 0.6) is 0 Å². The van der Waals surface area contributed by atoms with Crippen molar-refractivity contribution in [2.45, 2.75) is 6.18 Å². The summed E-state index contributed by atoms with van der Waals surface area (Å²) in [5.41, 5.74) is -0.659. The van der Waals surface area contributed by atoms with Crippen LogP contribution >= 0.6 is 27.5 Å². The first-order valence-electron chi connectivity index (χ1n) is 3.25. The zero-order chi connectivity index (χ0) is 10.9. The third-order valence-electron chi connectivity index (χ3n) is 1.31. The van der Waals surface area contributed by atoms with Crippen molar-refractivity contribution in [2.24, 2.45) is 0 Å². The first-order chi connectivity index (χ1) is 6.32. The Morgan fingerprint density at radius 2 is 2.07 bits per heavy atom. The van der Waals surface area contributed by atoms with Gasteiger partial charge in [0, 0.05) is 10.7 Å². The van der Waals surface area contributed by atoms with Crippen molar-refractivity contribution in [1.29, 1.82) is 0 Å². The number of Topliss-reactive ketones (excluding diaryl/α,β-unsaturated/α-hetero) is 1. The Balaban J connectivity index is 3.19. The van der Waals surface area contributed by atoms with Gasteiger partial charge in [-0.15, -0.1) is 0 Å². The van der Waals surface area contributed by atoms with Crippen molar-refractivity contribution in [3.05, 3.63) is 27.5 Å². The van der Waals surface area contributed by atoms with Gasteiger partial charge in [-0.2, -0.15) is 13.2 Å². The molecule has 1 aromatic rings. The fourth-order valence-corrected chi connectivity index (χ4v) is 1.25. The molecule has 0 unspecified atom stereocenters. The summed E-state index contributed by atoms with van der Waals surface area (Å²) >= 11 is 8.23. The molecule has 14 heavy (non-hydrogen) atoms. The molecule has 0 fully saturated rings. The van der Waals surface area contributed by atoms with Crippen LogP contribution in [0.3, 0.4) is 0 Å². The molecule has 0 atom stereocenters. The van der Waals surface area contributed by atoms with E-state index in [1.807, 2.05) is 0 Å². The third kappa shape index (κ3) is 2.45. The molecule has 0 radical (unpaired) electrons. The number of carbonyl (C=O) groups is 1. The fraction of sp³-hybridized carbons (Fsp3) is 0.143. The number of nitrogens with zero attached hydrogens (tertiary/aromatic N) is 1. The molecule has 0 amide bonds. The summed E-state index contributed by atoms with van der Waals surface area (Å²) in [6, 6.07) is 0.977. The maximum atomic E-state index is 12.0. The highest BCUT2D eigenvalue weighted by atomic mass is 79.9. The molecule has 1 rings (SSSR count). The monoisotopic (exact) mass is 287 g/mol. The molecule has 0 bridgehead atoms. The minimum Gasteiger partial charge on any atom is -0.284 e. The van der Waals surface area contributed by atoms with Crippen LogP contribution in [-0.4, -0.2) is 16.9 Å². The standard InChI is InChI=1S/C7H2BrClF3NO/c8-3-1-4(6(9)13-2-3)5(14)7(10,11)12/h1-2H. The van der Waals surface area contributed by atoms with Crippen LogP contribution in [0.25, 0.3) is 0 Å². The van der Waals surface area contributed by atoms with E-state index in [2.05, 4.69) is 20.9 Å². The van der Waals surface area contributed by atoms with Crippen LogP contribution in [0, 0.1) is 0 Å². The molecule has 0 aliphatic carbocycles. The van der Waals surface area contributed by atoms with E-state index in [-0.39, 0.29) is 4.47 Å². The molecule has 76 valence electrons. The van der Waals surface area contributed by atoms with E-state index < -0.39 is 22.7 Å². The van der Waals surface area contributed by atoms with Crippen LogP contribution in [0.15, 0.2) is 16.7 Å². The predicted molar refractivity (Wildman–Crippen MR) is 47.3 cm³/mol. The van der Waals surface area contributed by atoms with Gasteiger partial charge in [-0.1, -0.05) is 11.6 Å². The van der Waals surface area contributed by atoms with E-state index in [9.17, 15) is 18.0 Å². The molecule has 7 heteroatoms. The molecule has 1 heterocycles. The number of rotatable bonds is 1. The van der Waals surface area contributed by atoms with Crippen molar-refractivity contribution in [3.8, 4) is 0 Å². The molecule has 1 aromatic heterocycles. The highest BCUT2D eigenvalue weighted by molar-refractivity contribution is 9.10. The normalized spacial score (nSPS) is 11.5. The summed E-state index contributed by atoms with van der Waals surface area (Å²) in [7, 11) is 0. The highest BCUT2D eigenvalue weighted by Crippen LogP contribution is 2.26. The number of pyridine rings is 1. The maximum absolute atomic E-state index is 12.0. The molecule has 0 N–H and O–H groups in total. The largest absolute Gasteiger partial charge is 0.454 e. The summed E-state index contributed by atoms with van der Waals surface area (Å²) in [5.74, 6) is -2.00. The minimum absolute atomic E-state index is 0.259. The summed E-state index contributed by atoms with van der Waals surface area (Å²) in [6.07, 6.45) is -3.73. The van der Waals surface area contributed by atoms with E-state index in [0.717, 1.165) is 6.07 Å². The van der Waals surface area contributed by atoms with Crippen LogP contribution in [0.2, 0.25) is 5.15 Å². The van der Waals surface area contributed by atoms with E-state index in [1.165, 1.54) is 6.20 Å². The number of halogens is 5. The van der Waals surface area contributed by atoms with Crippen LogP contribution in [-0.2, 0) is 0 Å². The van der Waals surface area contributed by atoms with Crippen molar-refractivity contribution in [2.75, 3.05) is 0 Å². The van der Waals surface area contributed by atoms with E-state index in [0.29, 0.717) is 0 Å². The van der Waals surface area contributed by atoms with Gasteiger partial charge in [-0.3, -0.25) is 4.79 Å². The average molecular weight is 288 g/mol. The second-order valence-corrected chi connectivity index (χ2v) is 3.59. The van der Waals surface area contributed by atoms with E-state index in [4.69, 9.17) is 11.6 Å². The maximum Gasteiger partial charge on any atom is 0.454 e. The van der Waals surface area contributed by atoms with Crippen molar-refractivity contribution < 1.29 is 18.0 Å². The topological polar surface area (TPSA) is 30.0 Å². The molecule has 0 aromatic carbocycles. The number of aromatic nitrogens is 1. The van der Waals surface area contributed by atoms with Crippen molar-refractivity contribution >= 4 is 33.3 Å². The van der Waals surface area contributed by atoms with E-state index in [1.54, 1.807) is 0 Å². The third-order valence-corrected chi connectivity index (χ3v) is 2.04. The zero-order valence-electron chi connectivity index (χ0n) is 6.40. The first-order valence-corrected chi connectivity index (χ1v) is 4.42. The highest BCUT2D eigenvalue weighted by Gasteiger charge is 2.40. The molecule has 0 aliphatic rings. The van der Waals surface area contributed by atoms with Gasteiger partial charge < -0.3 is 0 Å². The van der Waals surface area contributed by atoms with Gasteiger partial charge in [-0.05, 0) is 22.0 Å². The van der Waals surface area contributed by atoms with Crippen LogP contribution in [0.4, 0.5) is 13.2 Å². The van der Waals surface area contributed by atoms with Gasteiger partial charge in [0.25, 0.3) is 5.78 Å². The van der Waals surface area contributed by atoms with Crippen LogP contribution < -0.4 is 0 Å². The molecule has 0 spiro atoms. The Morgan fingerprint density at radius 3 is 2.57 bits per heavy atom. The number of hydrogen-bond acceptors (Lipinski definition) is 2. The van der Waals surface area contributed by atoms with Gasteiger partial charge >= 0.3 is 6.18 Å². The van der Waals surface area contributed by atoms with Crippen molar-refractivity contribution in [1.82, 2.24) is 4.98 Å². The Morgan fingerprint density at radius 1 is 1.50 bits per heavy atom. The Hall–Kier alpha value is -0.620. The molecule has 0 saturated carbocycles.